The second-order valence-corrected chi connectivity index (χ2v) is 8.80. The van der Waals surface area contributed by atoms with Crippen LogP contribution in [0.4, 0.5) is 0 Å². The van der Waals surface area contributed by atoms with E-state index in [1.165, 1.54) is 11.4 Å². The molecular formula is C21H22ClN3O4S. The van der Waals surface area contributed by atoms with Crippen LogP contribution in [0.1, 0.15) is 35.6 Å². The number of hydrogen-bond donors (Lipinski definition) is 1. The SMILES string of the molecule is CCN(CC)S(=O)(=O)c1ccc2nc(/C(Cl)=C/c3ccc(C(=O)OC)cc3)[nH]c2c1. The van der Waals surface area contributed by atoms with Crippen molar-refractivity contribution >= 4 is 49.7 Å². The number of benzene rings is 2. The van der Waals surface area contributed by atoms with Crippen molar-refractivity contribution in [3.63, 3.8) is 0 Å². The lowest BCUT2D eigenvalue weighted by molar-refractivity contribution is 0.0600. The van der Waals surface area contributed by atoms with Gasteiger partial charge in [-0.3, -0.25) is 0 Å². The lowest BCUT2D eigenvalue weighted by atomic mass is 10.1. The maximum Gasteiger partial charge on any atom is 0.337 e. The van der Waals surface area contributed by atoms with Gasteiger partial charge in [0.15, 0.2) is 0 Å². The number of H-pyrrole nitrogens is 1. The molecule has 0 saturated carbocycles. The van der Waals surface area contributed by atoms with Crippen molar-refractivity contribution in [2.45, 2.75) is 18.7 Å². The number of nitrogens with one attached hydrogen (secondary N) is 1. The predicted octanol–water partition coefficient (Wildman–Crippen LogP) is 4.12. The fourth-order valence-electron chi connectivity index (χ4n) is 3.02. The number of imidazole rings is 1. The van der Waals surface area contributed by atoms with Crippen LogP contribution in [-0.4, -0.2) is 48.9 Å². The highest BCUT2D eigenvalue weighted by Crippen LogP contribution is 2.25. The fourth-order valence-corrected chi connectivity index (χ4v) is 4.72. The Labute approximate surface area is 180 Å². The number of methoxy groups -OCH3 is 1. The first-order valence-corrected chi connectivity index (χ1v) is 11.2. The molecular weight excluding hydrogens is 426 g/mol. The molecule has 1 aromatic heterocycles. The normalized spacial score (nSPS) is 12.5. The Morgan fingerprint density at radius 1 is 1.17 bits per heavy atom. The number of rotatable bonds is 7. The van der Waals surface area contributed by atoms with E-state index >= 15 is 0 Å². The van der Waals surface area contributed by atoms with Gasteiger partial charge in [-0.25, -0.2) is 18.2 Å². The second-order valence-electron chi connectivity index (χ2n) is 6.46. The second kappa shape index (κ2) is 8.99. The van der Waals surface area contributed by atoms with Crippen LogP contribution >= 0.6 is 11.6 Å². The third kappa shape index (κ3) is 4.40. The third-order valence-corrected chi connectivity index (χ3v) is 6.98. The van der Waals surface area contributed by atoms with Gasteiger partial charge in [-0.15, -0.1) is 0 Å². The van der Waals surface area contributed by atoms with Gasteiger partial charge < -0.3 is 9.72 Å². The first-order chi connectivity index (χ1) is 14.3. The van der Waals surface area contributed by atoms with E-state index in [9.17, 15) is 13.2 Å². The molecule has 30 heavy (non-hydrogen) atoms. The molecule has 7 nitrogen and oxygen atoms in total. The molecule has 158 valence electrons. The van der Waals surface area contributed by atoms with Crippen molar-refractivity contribution in [2.24, 2.45) is 0 Å². The molecule has 0 bridgehead atoms. The Kier molecular flexibility index (Phi) is 6.60. The van der Waals surface area contributed by atoms with E-state index in [0.29, 0.717) is 40.5 Å². The first-order valence-electron chi connectivity index (χ1n) is 9.36. The summed E-state index contributed by atoms with van der Waals surface area (Å²) >= 11 is 6.42. The minimum atomic E-state index is -3.57. The molecule has 0 fully saturated rings. The fraction of sp³-hybridized carbons (Fsp3) is 0.238. The number of carbonyl (C=O) groups excluding carboxylic acids is 1. The highest BCUT2D eigenvalue weighted by atomic mass is 35.5. The molecule has 1 heterocycles. The van der Waals surface area contributed by atoms with Crippen molar-refractivity contribution in [1.29, 1.82) is 0 Å². The summed E-state index contributed by atoms with van der Waals surface area (Å²) in [7, 11) is -2.24. The molecule has 0 aliphatic rings. The van der Waals surface area contributed by atoms with E-state index in [4.69, 9.17) is 11.6 Å². The van der Waals surface area contributed by atoms with Crippen molar-refractivity contribution in [3.8, 4) is 0 Å². The smallest absolute Gasteiger partial charge is 0.337 e. The number of aromatic amines is 1. The van der Waals surface area contributed by atoms with Gasteiger partial charge in [0, 0.05) is 13.1 Å². The monoisotopic (exact) mass is 447 g/mol. The summed E-state index contributed by atoms with van der Waals surface area (Å²) in [6.07, 6.45) is 1.70. The van der Waals surface area contributed by atoms with Crippen molar-refractivity contribution in [2.75, 3.05) is 20.2 Å². The molecule has 9 heteroatoms. The molecule has 0 amide bonds. The summed E-state index contributed by atoms with van der Waals surface area (Å²) in [6.45, 7) is 4.40. The predicted molar refractivity (Wildman–Crippen MR) is 118 cm³/mol. The van der Waals surface area contributed by atoms with Gasteiger partial charge in [0.2, 0.25) is 10.0 Å². The zero-order valence-electron chi connectivity index (χ0n) is 16.8. The minimum absolute atomic E-state index is 0.201. The molecule has 0 aliphatic carbocycles. The number of halogens is 1. The average Bonchev–Trinajstić information content (AvgIpc) is 3.18. The van der Waals surface area contributed by atoms with Crippen LogP contribution in [0.15, 0.2) is 47.4 Å². The van der Waals surface area contributed by atoms with Crippen LogP contribution in [0.25, 0.3) is 22.1 Å². The quantitative estimate of drug-likeness (QED) is 0.550. The summed E-state index contributed by atoms with van der Waals surface area (Å²) in [5, 5.41) is 0.352. The number of ether oxygens (including phenoxy) is 1. The summed E-state index contributed by atoms with van der Waals surface area (Å²) in [6, 6.07) is 11.5. The highest BCUT2D eigenvalue weighted by molar-refractivity contribution is 7.89. The van der Waals surface area contributed by atoms with Gasteiger partial charge in [0.1, 0.15) is 5.82 Å². The summed E-state index contributed by atoms with van der Waals surface area (Å²) < 4.78 is 31.6. The third-order valence-electron chi connectivity index (χ3n) is 4.65. The van der Waals surface area contributed by atoms with Crippen LogP contribution in [0, 0.1) is 0 Å². The Balaban J connectivity index is 1.91. The largest absolute Gasteiger partial charge is 0.465 e. The van der Waals surface area contributed by atoms with Gasteiger partial charge in [0.25, 0.3) is 0 Å². The molecule has 0 unspecified atom stereocenters. The number of carbonyl (C=O) groups is 1. The maximum absolute atomic E-state index is 12.7. The van der Waals surface area contributed by atoms with Crippen LogP contribution in [0.2, 0.25) is 0 Å². The molecule has 3 aromatic rings. The average molecular weight is 448 g/mol. The number of aromatic nitrogens is 2. The molecule has 0 atom stereocenters. The summed E-state index contributed by atoms with van der Waals surface area (Å²) in [5.41, 5.74) is 2.40. The Hall–Kier alpha value is -2.68. The zero-order valence-corrected chi connectivity index (χ0v) is 18.4. The molecule has 1 N–H and O–H groups in total. The number of sulfonamides is 1. The summed E-state index contributed by atoms with van der Waals surface area (Å²) in [4.78, 5) is 19.2. The van der Waals surface area contributed by atoms with E-state index in [1.54, 1.807) is 62.4 Å². The van der Waals surface area contributed by atoms with E-state index in [2.05, 4.69) is 14.7 Å². The van der Waals surface area contributed by atoms with Crippen LogP contribution < -0.4 is 0 Å². The van der Waals surface area contributed by atoms with Gasteiger partial charge in [-0.2, -0.15) is 4.31 Å². The van der Waals surface area contributed by atoms with Gasteiger partial charge in [-0.05, 0) is 42.0 Å². The van der Waals surface area contributed by atoms with Crippen LogP contribution in [-0.2, 0) is 14.8 Å². The highest BCUT2D eigenvalue weighted by Gasteiger charge is 2.22. The molecule has 2 aromatic carbocycles. The molecule has 0 aliphatic heterocycles. The Bertz CT molecular complexity index is 1200. The molecule has 0 saturated heterocycles. The molecule has 0 radical (unpaired) electrons. The number of fused-ring (bicyclic) bond motifs is 1. The van der Waals surface area contributed by atoms with Crippen molar-refractivity contribution < 1.29 is 17.9 Å². The topological polar surface area (TPSA) is 92.4 Å². The zero-order chi connectivity index (χ0) is 21.9. The van der Waals surface area contributed by atoms with Gasteiger partial charge in [0.05, 0.1) is 33.6 Å². The lowest BCUT2D eigenvalue weighted by Crippen LogP contribution is -2.30. The standard InChI is InChI=1S/C21H22ClN3O4S/c1-4-25(5-2)30(27,28)16-10-11-18-19(13-16)24-20(23-18)17(22)12-14-6-8-15(9-7-14)21(26)29-3/h6-13H,4-5H2,1-3H3,(H,23,24)/b17-12-. The van der Waals surface area contributed by atoms with Crippen molar-refractivity contribution in [3.05, 3.63) is 59.4 Å². The van der Waals surface area contributed by atoms with E-state index in [0.717, 1.165) is 5.56 Å². The van der Waals surface area contributed by atoms with E-state index in [1.807, 2.05) is 0 Å². The number of nitrogens with zero attached hydrogens (tertiary/aromatic N) is 2. The van der Waals surface area contributed by atoms with Crippen molar-refractivity contribution in [1.82, 2.24) is 14.3 Å². The van der Waals surface area contributed by atoms with Crippen LogP contribution in [0.3, 0.4) is 0 Å². The summed E-state index contributed by atoms with van der Waals surface area (Å²) in [5.74, 6) is 0.00507. The van der Waals surface area contributed by atoms with Gasteiger partial charge >= 0.3 is 5.97 Å². The van der Waals surface area contributed by atoms with Gasteiger partial charge in [-0.1, -0.05) is 37.6 Å². The Morgan fingerprint density at radius 2 is 1.83 bits per heavy atom. The molecule has 0 spiro atoms. The number of esters is 1. The molecule has 3 rings (SSSR count). The lowest BCUT2D eigenvalue weighted by Gasteiger charge is -2.18. The first kappa shape index (κ1) is 22.0. The maximum atomic E-state index is 12.7. The van der Waals surface area contributed by atoms with Crippen LogP contribution in [0.5, 0.6) is 0 Å². The Morgan fingerprint density at radius 3 is 2.43 bits per heavy atom. The number of hydrogen-bond acceptors (Lipinski definition) is 5. The van der Waals surface area contributed by atoms with E-state index in [-0.39, 0.29) is 4.90 Å². The minimum Gasteiger partial charge on any atom is -0.465 e. The van der Waals surface area contributed by atoms with E-state index < -0.39 is 16.0 Å².